The molecule has 0 amide bonds. The first-order chi connectivity index (χ1) is 6.10. The molecule has 2 N–H and O–H groups in total. The third kappa shape index (κ3) is 4.60. The van der Waals surface area contributed by atoms with Gasteiger partial charge in [0, 0.05) is 13.0 Å². The molecule has 80 valence electrons. The van der Waals surface area contributed by atoms with Crippen molar-refractivity contribution in [1.29, 1.82) is 0 Å². The van der Waals surface area contributed by atoms with Crippen LogP contribution in [0.2, 0.25) is 0 Å². The first kappa shape index (κ1) is 12.9. The van der Waals surface area contributed by atoms with Crippen LogP contribution in [0.3, 0.4) is 0 Å². The zero-order chi connectivity index (χ0) is 10.3. The lowest BCUT2D eigenvalue weighted by atomic mass is 9.90. The standard InChI is InChI=1S/C10H22O3/c1-4-7-10(5-2,13-6-3)8-9(11)12/h9,11-12H,4-8H2,1-3H3. The summed E-state index contributed by atoms with van der Waals surface area (Å²) in [4.78, 5) is 0. The highest BCUT2D eigenvalue weighted by Crippen LogP contribution is 2.27. The van der Waals surface area contributed by atoms with Crippen molar-refractivity contribution in [3.05, 3.63) is 0 Å². The summed E-state index contributed by atoms with van der Waals surface area (Å²) in [7, 11) is 0. The average Bonchev–Trinajstić information content (AvgIpc) is 2.04. The summed E-state index contributed by atoms with van der Waals surface area (Å²) in [5.41, 5.74) is -0.336. The second kappa shape index (κ2) is 6.35. The number of aliphatic hydroxyl groups excluding tert-OH is 1. The second-order valence-electron chi connectivity index (χ2n) is 3.40. The summed E-state index contributed by atoms with van der Waals surface area (Å²) in [6, 6.07) is 0. The van der Waals surface area contributed by atoms with Crippen LogP contribution in [-0.2, 0) is 4.74 Å². The molecule has 0 saturated carbocycles. The Labute approximate surface area is 80.7 Å². The molecule has 0 bridgehead atoms. The molecule has 0 aliphatic heterocycles. The van der Waals surface area contributed by atoms with Crippen molar-refractivity contribution in [3.8, 4) is 0 Å². The van der Waals surface area contributed by atoms with E-state index in [1.165, 1.54) is 0 Å². The van der Waals surface area contributed by atoms with Crippen molar-refractivity contribution >= 4 is 0 Å². The van der Waals surface area contributed by atoms with E-state index >= 15 is 0 Å². The Morgan fingerprint density at radius 3 is 2.15 bits per heavy atom. The first-order valence-corrected chi connectivity index (χ1v) is 5.10. The Hall–Kier alpha value is -0.120. The van der Waals surface area contributed by atoms with Crippen LogP contribution in [0.5, 0.6) is 0 Å². The van der Waals surface area contributed by atoms with E-state index in [1.54, 1.807) is 0 Å². The minimum absolute atomic E-state index is 0.311. The smallest absolute Gasteiger partial charge is 0.154 e. The molecule has 0 aliphatic rings. The largest absolute Gasteiger partial charge is 0.375 e. The number of aliphatic hydroxyl groups is 2. The van der Waals surface area contributed by atoms with Crippen LogP contribution in [0.4, 0.5) is 0 Å². The lowest BCUT2D eigenvalue weighted by molar-refractivity contribution is -0.131. The maximum Gasteiger partial charge on any atom is 0.154 e. The van der Waals surface area contributed by atoms with Gasteiger partial charge in [-0.3, -0.25) is 0 Å². The molecule has 0 aromatic carbocycles. The Morgan fingerprint density at radius 1 is 1.23 bits per heavy atom. The van der Waals surface area contributed by atoms with E-state index in [4.69, 9.17) is 14.9 Å². The van der Waals surface area contributed by atoms with Crippen LogP contribution < -0.4 is 0 Å². The first-order valence-electron chi connectivity index (χ1n) is 5.10. The highest BCUT2D eigenvalue weighted by Gasteiger charge is 2.29. The lowest BCUT2D eigenvalue weighted by Gasteiger charge is -2.33. The Kier molecular flexibility index (Phi) is 6.29. The molecular formula is C10H22O3. The number of ether oxygens (including phenoxy) is 1. The van der Waals surface area contributed by atoms with Crippen molar-refractivity contribution in [2.45, 2.75) is 58.3 Å². The molecular weight excluding hydrogens is 168 g/mol. The summed E-state index contributed by atoms with van der Waals surface area (Å²) in [6.07, 6.45) is 1.76. The van der Waals surface area contributed by atoms with E-state index in [9.17, 15) is 0 Å². The zero-order valence-corrected chi connectivity index (χ0v) is 8.92. The van der Waals surface area contributed by atoms with Crippen LogP contribution in [0.25, 0.3) is 0 Å². The highest BCUT2D eigenvalue weighted by atomic mass is 16.5. The van der Waals surface area contributed by atoms with Crippen molar-refractivity contribution in [2.75, 3.05) is 6.61 Å². The fourth-order valence-electron chi connectivity index (χ4n) is 1.75. The summed E-state index contributed by atoms with van der Waals surface area (Å²) < 4.78 is 5.61. The number of rotatable bonds is 7. The molecule has 0 spiro atoms. The van der Waals surface area contributed by atoms with Crippen LogP contribution in [0, 0.1) is 0 Å². The van der Waals surface area contributed by atoms with Crippen molar-refractivity contribution in [3.63, 3.8) is 0 Å². The average molecular weight is 190 g/mol. The predicted molar refractivity (Wildman–Crippen MR) is 52.4 cm³/mol. The van der Waals surface area contributed by atoms with Gasteiger partial charge in [-0.15, -0.1) is 0 Å². The molecule has 0 rings (SSSR count). The van der Waals surface area contributed by atoms with Gasteiger partial charge in [0.1, 0.15) is 0 Å². The molecule has 0 aromatic rings. The summed E-state index contributed by atoms with van der Waals surface area (Å²) in [5, 5.41) is 17.9. The molecule has 3 heteroatoms. The van der Waals surface area contributed by atoms with Gasteiger partial charge in [-0.25, -0.2) is 0 Å². The number of hydrogen-bond acceptors (Lipinski definition) is 3. The van der Waals surface area contributed by atoms with Crippen LogP contribution >= 0.6 is 0 Å². The molecule has 0 heterocycles. The topological polar surface area (TPSA) is 49.7 Å². The van der Waals surface area contributed by atoms with E-state index in [0.717, 1.165) is 19.3 Å². The Bertz CT molecular complexity index is 117. The maximum atomic E-state index is 8.95. The quantitative estimate of drug-likeness (QED) is 0.600. The Balaban J connectivity index is 4.24. The van der Waals surface area contributed by atoms with E-state index in [0.29, 0.717) is 13.0 Å². The number of hydrogen-bond donors (Lipinski definition) is 2. The van der Waals surface area contributed by atoms with Crippen molar-refractivity contribution < 1.29 is 14.9 Å². The van der Waals surface area contributed by atoms with E-state index in [1.807, 2.05) is 13.8 Å². The fourth-order valence-corrected chi connectivity index (χ4v) is 1.75. The summed E-state index contributed by atoms with van der Waals surface area (Å²) >= 11 is 0. The predicted octanol–water partition coefficient (Wildman–Crippen LogP) is 1.67. The normalized spacial score (nSPS) is 16.2. The molecule has 3 nitrogen and oxygen atoms in total. The van der Waals surface area contributed by atoms with Crippen molar-refractivity contribution in [1.82, 2.24) is 0 Å². The molecule has 1 atom stereocenters. The van der Waals surface area contributed by atoms with Gasteiger partial charge in [0.15, 0.2) is 6.29 Å². The third-order valence-electron chi connectivity index (χ3n) is 2.36. The van der Waals surface area contributed by atoms with Crippen LogP contribution in [0.15, 0.2) is 0 Å². The van der Waals surface area contributed by atoms with Crippen LogP contribution in [-0.4, -0.2) is 28.7 Å². The molecule has 0 fully saturated rings. The van der Waals surface area contributed by atoms with Crippen molar-refractivity contribution in [2.24, 2.45) is 0 Å². The summed E-state index contributed by atoms with van der Waals surface area (Å²) in [6.45, 7) is 6.66. The molecule has 0 radical (unpaired) electrons. The molecule has 13 heavy (non-hydrogen) atoms. The Morgan fingerprint density at radius 2 is 1.85 bits per heavy atom. The van der Waals surface area contributed by atoms with Gasteiger partial charge in [-0.2, -0.15) is 0 Å². The second-order valence-corrected chi connectivity index (χ2v) is 3.40. The fraction of sp³-hybridized carbons (Fsp3) is 1.00. The van der Waals surface area contributed by atoms with Gasteiger partial charge >= 0.3 is 0 Å². The zero-order valence-electron chi connectivity index (χ0n) is 8.92. The van der Waals surface area contributed by atoms with Gasteiger partial charge < -0.3 is 14.9 Å². The monoisotopic (exact) mass is 190 g/mol. The van der Waals surface area contributed by atoms with Gasteiger partial charge in [-0.05, 0) is 19.8 Å². The van der Waals surface area contributed by atoms with Crippen LogP contribution in [0.1, 0.15) is 46.5 Å². The summed E-state index contributed by atoms with van der Waals surface area (Å²) in [5.74, 6) is 0. The van der Waals surface area contributed by atoms with E-state index < -0.39 is 6.29 Å². The van der Waals surface area contributed by atoms with E-state index in [-0.39, 0.29) is 5.60 Å². The van der Waals surface area contributed by atoms with Gasteiger partial charge in [0.25, 0.3) is 0 Å². The third-order valence-corrected chi connectivity index (χ3v) is 2.36. The molecule has 0 aromatic heterocycles. The van der Waals surface area contributed by atoms with E-state index in [2.05, 4.69) is 6.92 Å². The molecule has 0 saturated heterocycles. The molecule has 0 aliphatic carbocycles. The minimum atomic E-state index is -1.27. The van der Waals surface area contributed by atoms with Gasteiger partial charge in [-0.1, -0.05) is 20.3 Å². The van der Waals surface area contributed by atoms with Gasteiger partial charge in [0.05, 0.1) is 5.60 Å². The lowest BCUT2D eigenvalue weighted by Crippen LogP contribution is -2.36. The molecule has 1 unspecified atom stereocenters. The highest BCUT2D eigenvalue weighted by molar-refractivity contribution is 4.79. The maximum absolute atomic E-state index is 8.95. The minimum Gasteiger partial charge on any atom is -0.375 e. The van der Waals surface area contributed by atoms with Gasteiger partial charge in [0.2, 0.25) is 0 Å². The SMILES string of the molecule is CCCC(CC)(CC(O)O)OCC.